The van der Waals surface area contributed by atoms with E-state index in [1.165, 1.54) is 0 Å². The number of aromatic nitrogens is 3. The number of nitrogens with one attached hydrogen (secondary N) is 1. The number of nitrogens with zero attached hydrogens (tertiary/aromatic N) is 2. The predicted octanol–water partition coefficient (Wildman–Crippen LogP) is 3.15. The third-order valence-electron chi connectivity index (χ3n) is 3.19. The van der Waals surface area contributed by atoms with E-state index in [0.717, 1.165) is 28.5 Å². The van der Waals surface area contributed by atoms with Gasteiger partial charge in [-0.25, -0.2) is 4.98 Å². The lowest BCUT2D eigenvalue weighted by atomic mass is 10.1. The summed E-state index contributed by atoms with van der Waals surface area (Å²) in [4.78, 5) is 23.7. The highest BCUT2D eigenvalue weighted by atomic mass is 127. The van der Waals surface area contributed by atoms with Gasteiger partial charge in [-0.15, -0.1) is 0 Å². The molecule has 5 heteroatoms. The molecule has 2 aromatic heterocycles. The quantitative estimate of drug-likeness (QED) is 0.698. The van der Waals surface area contributed by atoms with Gasteiger partial charge in [-0.3, -0.25) is 9.78 Å². The van der Waals surface area contributed by atoms with Crippen molar-refractivity contribution in [3.63, 3.8) is 0 Å². The van der Waals surface area contributed by atoms with Crippen molar-refractivity contribution >= 4 is 33.4 Å². The van der Waals surface area contributed by atoms with Gasteiger partial charge >= 0.3 is 0 Å². The topological polar surface area (TPSA) is 58.6 Å². The zero-order chi connectivity index (χ0) is 14.1. The molecule has 100 valence electrons. The SMILES string of the molecule is CCc1nc(-c2cncc3ccccc23)[nH]c(=O)c1I. The summed E-state index contributed by atoms with van der Waals surface area (Å²) < 4.78 is 0.655. The molecule has 0 radical (unpaired) electrons. The molecule has 0 atom stereocenters. The molecule has 2 heterocycles. The Hall–Kier alpha value is -1.76. The molecule has 0 amide bonds. The van der Waals surface area contributed by atoms with E-state index in [0.29, 0.717) is 9.39 Å². The smallest absolute Gasteiger partial charge is 0.264 e. The van der Waals surface area contributed by atoms with E-state index in [4.69, 9.17) is 0 Å². The molecule has 0 unspecified atom stereocenters. The number of halogens is 1. The van der Waals surface area contributed by atoms with Gasteiger partial charge in [0.1, 0.15) is 5.82 Å². The number of hydrogen-bond donors (Lipinski definition) is 1. The molecule has 0 fully saturated rings. The Kier molecular flexibility index (Phi) is 3.52. The van der Waals surface area contributed by atoms with Crippen LogP contribution in [0, 0.1) is 3.57 Å². The van der Waals surface area contributed by atoms with E-state index in [2.05, 4.69) is 15.0 Å². The third kappa shape index (κ3) is 2.22. The lowest BCUT2D eigenvalue weighted by Crippen LogP contribution is -2.16. The number of fused-ring (bicyclic) bond motifs is 1. The second-order valence-electron chi connectivity index (χ2n) is 4.44. The van der Waals surface area contributed by atoms with Crippen molar-refractivity contribution < 1.29 is 0 Å². The molecule has 0 bridgehead atoms. The minimum Gasteiger partial charge on any atom is -0.306 e. The summed E-state index contributed by atoms with van der Waals surface area (Å²) in [6, 6.07) is 7.94. The minimum atomic E-state index is -0.0969. The number of H-pyrrole nitrogens is 1. The number of rotatable bonds is 2. The first-order valence-electron chi connectivity index (χ1n) is 6.32. The van der Waals surface area contributed by atoms with Gasteiger partial charge in [-0.1, -0.05) is 31.2 Å². The van der Waals surface area contributed by atoms with Crippen LogP contribution in [0.2, 0.25) is 0 Å². The second kappa shape index (κ2) is 5.32. The van der Waals surface area contributed by atoms with Crippen LogP contribution in [0.5, 0.6) is 0 Å². The molecule has 0 aliphatic heterocycles. The van der Waals surface area contributed by atoms with E-state index in [-0.39, 0.29) is 5.56 Å². The molecule has 3 rings (SSSR count). The Balaban J connectivity index is 2.31. The molecule has 0 saturated heterocycles. The predicted molar refractivity (Wildman–Crippen MR) is 87.7 cm³/mol. The summed E-state index contributed by atoms with van der Waals surface area (Å²) in [7, 11) is 0. The lowest BCUT2D eigenvalue weighted by molar-refractivity contribution is 0.968. The van der Waals surface area contributed by atoms with Crippen LogP contribution in [0.1, 0.15) is 12.6 Å². The van der Waals surface area contributed by atoms with Crippen LogP contribution < -0.4 is 5.56 Å². The maximum absolute atomic E-state index is 12.0. The number of aromatic amines is 1. The van der Waals surface area contributed by atoms with E-state index >= 15 is 0 Å². The van der Waals surface area contributed by atoms with Crippen molar-refractivity contribution in [2.75, 3.05) is 0 Å². The van der Waals surface area contributed by atoms with E-state index in [1.807, 2.05) is 60.0 Å². The monoisotopic (exact) mass is 377 g/mol. The first-order chi connectivity index (χ1) is 9.70. The molecular weight excluding hydrogens is 365 g/mol. The first kappa shape index (κ1) is 13.2. The highest BCUT2D eigenvalue weighted by Crippen LogP contribution is 2.24. The fourth-order valence-corrected chi connectivity index (χ4v) is 2.81. The molecule has 0 spiro atoms. The molecule has 1 aromatic carbocycles. The van der Waals surface area contributed by atoms with Gasteiger partial charge in [0.05, 0.1) is 9.26 Å². The largest absolute Gasteiger partial charge is 0.306 e. The maximum atomic E-state index is 12.0. The third-order valence-corrected chi connectivity index (χ3v) is 4.30. The van der Waals surface area contributed by atoms with Crippen LogP contribution in [0.3, 0.4) is 0 Å². The standard InChI is InChI=1S/C15H12IN3O/c1-2-12-13(16)15(20)19-14(18-12)11-8-17-7-9-5-3-4-6-10(9)11/h3-8H,2H2,1H3,(H,18,19,20). The summed E-state index contributed by atoms with van der Waals surface area (Å²) in [5.74, 6) is 0.580. The van der Waals surface area contributed by atoms with E-state index < -0.39 is 0 Å². The lowest BCUT2D eigenvalue weighted by Gasteiger charge is -2.07. The molecule has 3 aromatic rings. The summed E-state index contributed by atoms with van der Waals surface area (Å²) in [6.07, 6.45) is 4.28. The fourth-order valence-electron chi connectivity index (χ4n) is 2.17. The van der Waals surface area contributed by atoms with Crippen molar-refractivity contribution in [3.05, 3.63) is 56.3 Å². The Labute approximate surface area is 129 Å². The fraction of sp³-hybridized carbons (Fsp3) is 0.133. The van der Waals surface area contributed by atoms with Crippen molar-refractivity contribution in [1.82, 2.24) is 15.0 Å². The van der Waals surface area contributed by atoms with Crippen LogP contribution in [-0.4, -0.2) is 15.0 Å². The zero-order valence-corrected chi connectivity index (χ0v) is 13.0. The van der Waals surface area contributed by atoms with Gasteiger partial charge in [0.15, 0.2) is 0 Å². The second-order valence-corrected chi connectivity index (χ2v) is 5.52. The van der Waals surface area contributed by atoms with Gasteiger partial charge in [-0.2, -0.15) is 0 Å². The van der Waals surface area contributed by atoms with E-state index in [1.54, 1.807) is 6.20 Å². The molecule has 1 N–H and O–H groups in total. The molecule has 0 aliphatic rings. The summed E-state index contributed by atoms with van der Waals surface area (Å²) in [5, 5.41) is 2.07. The summed E-state index contributed by atoms with van der Waals surface area (Å²) in [5.41, 5.74) is 1.57. The van der Waals surface area contributed by atoms with Crippen molar-refractivity contribution in [1.29, 1.82) is 0 Å². The summed E-state index contributed by atoms with van der Waals surface area (Å²) in [6.45, 7) is 2.00. The average Bonchev–Trinajstić information content (AvgIpc) is 2.49. The van der Waals surface area contributed by atoms with Crippen molar-refractivity contribution in [2.45, 2.75) is 13.3 Å². The van der Waals surface area contributed by atoms with Crippen LogP contribution >= 0.6 is 22.6 Å². The maximum Gasteiger partial charge on any atom is 0.264 e. The van der Waals surface area contributed by atoms with Crippen molar-refractivity contribution in [3.8, 4) is 11.4 Å². The average molecular weight is 377 g/mol. The molecule has 20 heavy (non-hydrogen) atoms. The highest BCUT2D eigenvalue weighted by molar-refractivity contribution is 14.1. The Morgan fingerprint density at radius 1 is 1.25 bits per heavy atom. The Morgan fingerprint density at radius 2 is 2.05 bits per heavy atom. The van der Waals surface area contributed by atoms with Gasteiger partial charge in [0.2, 0.25) is 0 Å². The van der Waals surface area contributed by atoms with Gasteiger partial charge in [0.25, 0.3) is 5.56 Å². The van der Waals surface area contributed by atoms with Crippen LogP contribution in [0.25, 0.3) is 22.2 Å². The molecular formula is C15H12IN3O. The van der Waals surface area contributed by atoms with Crippen LogP contribution in [0.15, 0.2) is 41.5 Å². The molecule has 0 saturated carbocycles. The van der Waals surface area contributed by atoms with Gasteiger partial charge < -0.3 is 4.98 Å². The number of benzene rings is 1. The van der Waals surface area contributed by atoms with Crippen molar-refractivity contribution in [2.24, 2.45) is 0 Å². The first-order valence-corrected chi connectivity index (χ1v) is 7.40. The van der Waals surface area contributed by atoms with Gasteiger partial charge in [0, 0.05) is 23.3 Å². The van der Waals surface area contributed by atoms with Crippen LogP contribution in [0.4, 0.5) is 0 Å². The molecule has 4 nitrogen and oxygen atoms in total. The minimum absolute atomic E-state index is 0.0969. The summed E-state index contributed by atoms with van der Waals surface area (Å²) >= 11 is 2.04. The van der Waals surface area contributed by atoms with Gasteiger partial charge in [-0.05, 0) is 34.4 Å². The highest BCUT2D eigenvalue weighted by Gasteiger charge is 2.11. The number of hydrogen-bond acceptors (Lipinski definition) is 3. The normalized spacial score (nSPS) is 10.9. The van der Waals surface area contributed by atoms with Crippen LogP contribution in [-0.2, 0) is 6.42 Å². The van der Waals surface area contributed by atoms with E-state index in [9.17, 15) is 4.79 Å². The molecule has 0 aliphatic carbocycles. The number of pyridine rings is 1. The Morgan fingerprint density at radius 3 is 2.85 bits per heavy atom. The number of aryl methyl sites for hydroxylation is 1. The zero-order valence-electron chi connectivity index (χ0n) is 10.9. The Bertz CT molecular complexity index is 837.